The van der Waals surface area contributed by atoms with Crippen molar-refractivity contribution >= 4 is 38.2 Å². The molecule has 0 aliphatic rings. The fraction of sp³-hybridized carbons (Fsp3) is 0.0938. The summed E-state index contributed by atoms with van der Waals surface area (Å²) in [7, 11) is -3.82. The molecule has 5 rings (SSSR count). The molecule has 40 heavy (non-hydrogen) atoms. The van der Waals surface area contributed by atoms with Gasteiger partial charge in [0.25, 0.3) is 0 Å². The Morgan fingerprint density at radius 2 is 1.45 bits per heavy atom. The number of carbonyl (C=O) groups is 1. The maximum atomic E-state index is 13.4. The van der Waals surface area contributed by atoms with Crippen LogP contribution in [0.1, 0.15) is 5.56 Å². The molecule has 0 unspecified atom stereocenters. The Balaban J connectivity index is 1.35. The highest BCUT2D eigenvalue weighted by atomic mass is 32.2. The van der Waals surface area contributed by atoms with Crippen molar-refractivity contribution in [3.05, 3.63) is 127 Å². The lowest BCUT2D eigenvalue weighted by Crippen LogP contribution is -2.41. The number of amides is 2. The average Bonchev–Trinajstić information content (AvgIpc) is 2.96. The van der Waals surface area contributed by atoms with Gasteiger partial charge in [0.05, 0.1) is 4.90 Å². The summed E-state index contributed by atoms with van der Waals surface area (Å²) in [4.78, 5) is 15.1. The summed E-state index contributed by atoms with van der Waals surface area (Å²) < 4.78 is 35.0. The van der Waals surface area contributed by atoms with Crippen molar-refractivity contribution in [2.75, 3.05) is 23.3 Å². The highest BCUT2D eigenvalue weighted by Crippen LogP contribution is 2.26. The number of carbonyl (C=O) groups excluding carboxylic acids is 1. The van der Waals surface area contributed by atoms with Gasteiger partial charge in [0.15, 0.2) is 0 Å². The number of rotatable bonds is 9. The number of nitrogens with zero attached hydrogens (tertiary/aromatic N) is 1. The maximum absolute atomic E-state index is 13.4. The summed E-state index contributed by atoms with van der Waals surface area (Å²) >= 11 is 0. The van der Waals surface area contributed by atoms with E-state index in [4.69, 9.17) is 4.74 Å². The second-order valence-corrected chi connectivity index (χ2v) is 11.0. The van der Waals surface area contributed by atoms with Gasteiger partial charge in [-0.3, -0.25) is 4.90 Å². The largest absolute Gasteiger partial charge is 0.457 e. The van der Waals surface area contributed by atoms with Gasteiger partial charge in [0.1, 0.15) is 11.5 Å². The van der Waals surface area contributed by atoms with Crippen molar-refractivity contribution < 1.29 is 17.9 Å². The Kier molecular flexibility index (Phi) is 8.10. The number of fused-ring (bicyclic) bond motifs is 1. The number of sulfonamides is 1. The molecule has 0 aliphatic heterocycles. The van der Waals surface area contributed by atoms with Crippen molar-refractivity contribution in [1.29, 1.82) is 0 Å². The number of hydrogen-bond donors (Lipinski definition) is 2. The van der Waals surface area contributed by atoms with Crippen molar-refractivity contribution in [1.82, 2.24) is 4.72 Å². The number of hydrogen-bond acceptors (Lipinski definition) is 4. The number of para-hydroxylation sites is 1. The lowest BCUT2D eigenvalue weighted by molar-refractivity contribution is 0.257. The second kappa shape index (κ2) is 12.0. The van der Waals surface area contributed by atoms with E-state index in [1.54, 1.807) is 42.5 Å². The minimum atomic E-state index is -3.82. The highest BCUT2D eigenvalue weighted by molar-refractivity contribution is 7.89. The standard InChI is InChI=1S/C32H29N3O4S/c1-24-9-7-12-26(23-24)34-32(36)35(27-17-19-29(20-18-27)39-28-13-3-2-4-14-28)22-21-33-40(37,38)31-16-8-11-25-10-5-6-15-30(25)31/h2-20,23,33H,21-22H2,1H3,(H,34,36). The molecule has 0 atom stereocenters. The molecule has 0 radical (unpaired) electrons. The third kappa shape index (κ3) is 6.48. The predicted octanol–water partition coefficient (Wildman–Crippen LogP) is 6.96. The van der Waals surface area contributed by atoms with E-state index in [1.807, 2.05) is 85.8 Å². The molecule has 5 aromatic rings. The normalized spacial score (nSPS) is 11.2. The number of aryl methyl sites for hydroxylation is 1. The maximum Gasteiger partial charge on any atom is 0.326 e. The van der Waals surface area contributed by atoms with Crippen molar-refractivity contribution in [2.45, 2.75) is 11.8 Å². The van der Waals surface area contributed by atoms with Crippen LogP contribution in [-0.4, -0.2) is 27.5 Å². The molecule has 8 heteroatoms. The van der Waals surface area contributed by atoms with Gasteiger partial charge in [-0.1, -0.05) is 66.7 Å². The molecule has 0 heterocycles. The van der Waals surface area contributed by atoms with Gasteiger partial charge >= 0.3 is 6.03 Å². The molecule has 7 nitrogen and oxygen atoms in total. The van der Waals surface area contributed by atoms with Crippen LogP contribution in [0.4, 0.5) is 16.2 Å². The van der Waals surface area contributed by atoms with Crippen molar-refractivity contribution in [3.63, 3.8) is 0 Å². The van der Waals surface area contributed by atoms with E-state index in [-0.39, 0.29) is 24.0 Å². The summed E-state index contributed by atoms with van der Waals surface area (Å²) in [6.45, 7) is 2.05. The number of urea groups is 1. The van der Waals surface area contributed by atoms with Crippen LogP contribution in [0.5, 0.6) is 11.5 Å². The van der Waals surface area contributed by atoms with Crippen LogP contribution in [-0.2, 0) is 10.0 Å². The number of benzene rings is 5. The van der Waals surface area contributed by atoms with E-state index < -0.39 is 10.0 Å². The van der Waals surface area contributed by atoms with Crippen LogP contribution in [0.2, 0.25) is 0 Å². The van der Waals surface area contributed by atoms with E-state index in [0.717, 1.165) is 10.9 Å². The molecule has 0 saturated heterocycles. The lowest BCUT2D eigenvalue weighted by Gasteiger charge is -2.24. The van der Waals surface area contributed by atoms with Crippen LogP contribution < -0.4 is 19.7 Å². The molecule has 5 aromatic carbocycles. The first-order valence-electron chi connectivity index (χ1n) is 12.8. The first-order valence-corrected chi connectivity index (χ1v) is 14.3. The highest BCUT2D eigenvalue weighted by Gasteiger charge is 2.20. The summed E-state index contributed by atoms with van der Waals surface area (Å²) in [5.41, 5.74) is 2.25. The predicted molar refractivity (Wildman–Crippen MR) is 160 cm³/mol. The molecular weight excluding hydrogens is 522 g/mol. The van der Waals surface area contributed by atoms with Gasteiger partial charge < -0.3 is 10.1 Å². The van der Waals surface area contributed by atoms with Crippen LogP contribution in [0, 0.1) is 6.92 Å². The number of nitrogens with one attached hydrogen (secondary N) is 2. The Morgan fingerprint density at radius 3 is 2.23 bits per heavy atom. The molecular formula is C32H29N3O4S. The molecule has 0 fully saturated rings. The van der Waals surface area contributed by atoms with Gasteiger partial charge in [-0.2, -0.15) is 0 Å². The monoisotopic (exact) mass is 551 g/mol. The summed E-state index contributed by atoms with van der Waals surface area (Å²) in [5.74, 6) is 1.32. The van der Waals surface area contributed by atoms with Crippen molar-refractivity contribution in [2.24, 2.45) is 0 Å². The van der Waals surface area contributed by atoms with Crippen LogP contribution in [0.25, 0.3) is 10.8 Å². The topological polar surface area (TPSA) is 87.7 Å². The fourth-order valence-corrected chi connectivity index (χ4v) is 5.63. The molecule has 0 spiro atoms. The molecule has 0 aromatic heterocycles. The third-order valence-electron chi connectivity index (χ3n) is 6.31. The molecule has 2 amide bonds. The fourth-order valence-electron chi connectivity index (χ4n) is 4.38. The van der Waals surface area contributed by atoms with Gasteiger partial charge in [0, 0.05) is 29.9 Å². The molecule has 202 valence electrons. The Labute approximate surface area is 234 Å². The Morgan fingerprint density at radius 1 is 0.775 bits per heavy atom. The Hall–Kier alpha value is -4.66. The molecule has 0 saturated carbocycles. The van der Waals surface area contributed by atoms with Gasteiger partial charge in [-0.25, -0.2) is 17.9 Å². The van der Waals surface area contributed by atoms with Gasteiger partial charge in [0.2, 0.25) is 10.0 Å². The summed E-state index contributed by atoms with van der Waals surface area (Å²) in [6.07, 6.45) is 0. The first kappa shape index (κ1) is 26.9. The third-order valence-corrected chi connectivity index (χ3v) is 7.83. The lowest BCUT2D eigenvalue weighted by atomic mass is 10.1. The zero-order valence-electron chi connectivity index (χ0n) is 21.9. The molecule has 0 aliphatic carbocycles. The van der Waals surface area contributed by atoms with E-state index >= 15 is 0 Å². The smallest absolute Gasteiger partial charge is 0.326 e. The van der Waals surface area contributed by atoms with E-state index in [9.17, 15) is 13.2 Å². The quantitative estimate of drug-likeness (QED) is 0.207. The number of anilines is 2. The summed E-state index contributed by atoms with van der Waals surface area (Å²) in [5, 5.41) is 4.39. The van der Waals surface area contributed by atoms with Crippen LogP contribution in [0.15, 0.2) is 126 Å². The zero-order valence-corrected chi connectivity index (χ0v) is 22.8. The summed E-state index contributed by atoms with van der Waals surface area (Å²) in [6, 6.07) is 36.1. The molecule has 2 N–H and O–H groups in total. The van der Waals surface area contributed by atoms with Crippen LogP contribution >= 0.6 is 0 Å². The average molecular weight is 552 g/mol. The van der Waals surface area contributed by atoms with Gasteiger partial charge in [-0.05, 0) is 72.5 Å². The van der Waals surface area contributed by atoms with Crippen LogP contribution in [0.3, 0.4) is 0 Å². The SMILES string of the molecule is Cc1cccc(NC(=O)N(CCNS(=O)(=O)c2cccc3ccccc23)c2ccc(Oc3ccccc3)cc2)c1. The second-order valence-electron chi connectivity index (χ2n) is 9.24. The first-order chi connectivity index (χ1) is 19.4. The Bertz CT molecular complexity index is 1720. The van der Waals surface area contributed by atoms with Crippen molar-refractivity contribution in [3.8, 4) is 11.5 Å². The minimum Gasteiger partial charge on any atom is -0.457 e. The zero-order chi connectivity index (χ0) is 28.0. The number of ether oxygens (including phenoxy) is 1. The van der Waals surface area contributed by atoms with E-state index in [0.29, 0.717) is 28.3 Å². The van der Waals surface area contributed by atoms with E-state index in [1.165, 1.54) is 4.90 Å². The minimum absolute atomic E-state index is 0.00899. The van der Waals surface area contributed by atoms with Gasteiger partial charge in [-0.15, -0.1) is 0 Å². The van der Waals surface area contributed by atoms with E-state index in [2.05, 4.69) is 10.0 Å². The molecule has 0 bridgehead atoms.